The van der Waals surface area contributed by atoms with E-state index in [1.54, 1.807) is 6.20 Å². The van der Waals surface area contributed by atoms with Gasteiger partial charge in [-0.15, -0.1) is 0 Å². The lowest BCUT2D eigenvalue weighted by molar-refractivity contribution is -0.163. The molecule has 4 rings (SSSR count). The van der Waals surface area contributed by atoms with Crippen molar-refractivity contribution in [1.82, 2.24) is 4.98 Å². The van der Waals surface area contributed by atoms with Gasteiger partial charge in [-0.25, -0.2) is 4.98 Å². The van der Waals surface area contributed by atoms with Gasteiger partial charge in [0.25, 0.3) is 0 Å². The van der Waals surface area contributed by atoms with Crippen molar-refractivity contribution in [3.05, 3.63) is 24.4 Å². The molecule has 1 aromatic heterocycles. The minimum atomic E-state index is -0.835. The highest BCUT2D eigenvalue weighted by atomic mass is 16.5. The van der Waals surface area contributed by atoms with Gasteiger partial charge in [0.2, 0.25) is 0 Å². The molecule has 2 heterocycles. The number of pyridine rings is 1. The van der Waals surface area contributed by atoms with E-state index in [0.29, 0.717) is 18.3 Å². The van der Waals surface area contributed by atoms with E-state index in [0.717, 1.165) is 24.7 Å². The van der Waals surface area contributed by atoms with Gasteiger partial charge in [0, 0.05) is 6.20 Å². The number of rotatable bonds is 5. The van der Waals surface area contributed by atoms with Gasteiger partial charge in [0.05, 0.1) is 18.8 Å². The van der Waals surface area contributed by atoms with Crippen molar-refractivity contribution >= 4 is 5.82 Å². The predicted molar refractivity (Wildman–Crippen MR) is 101 cm³/mol. The van der Waals surface area contributed by atoms with Crippen LogP contribution < -0.4 is 5.32 Å². The largest absolute Gasteiger partial charge is 0.388 e. The number of hydrogen-bond donors (Lipinski definition) is 3. The van der Waals surface area contributed by atoms with Crippen LogP contribution in [0.5, 0.6) is 0 Å². The molecule has 0 spiro atoms. The first kappa shape index (κ1) is 18.2. The van der Waals surface area contributed by atoms with E-state index in [4.69, 9.17) is 4.74 Å². The minimum absolute atomic E-state index is 0.239. The van der Waals surface area contributed by atoms with E-state index in [-0.39, 0.29) is 12.1 Å². The normalized spacial score (nSPS) is 38.5. The van der Waals surface area contributed by atoms with E-state index in [1.807, 2.05) is 18.2 Å². The molecule has 144 valence electrons. The summed E-state index contributed by atoms with van der Waals surface area (Å²) in [5.74, 6) is 2.91. The zero-order chi connectivity index (χ0) is 17.9. The SMILES string of the molecule is O[C@@H]1[C@H](O)[C@H](Nc2ccccn2)CO[C@@H]1C1CCC(CC2CCC2)CC1. The van der Waals surface area contributed by atoms with Crippen LogP contribution in [-0.2, 0) is 4.74 Å². The zero-order valence-corrected chi connectivity index (χ0v) is 15.5. The lowest BCUT2D eigenvalue weighted by Gasteiger charge is -2.43. The topological polar surface area (TPSA) is 74.6 Å². The van der Waals surface area contributed by atoms with Crippen LogP contribution in [0, 0.1) is 17.8 Å². The van der Waals surface area contributed by atoms with Gasteiger partial charge in [-0.05, 0) is 49.1 Å². The highest BCUT2D eigenvalue weighted by Crippen LogP contribution is 2.41. The van der Waals surface area contributed by atoms with Crippen molar-refractivity contribution in [2.45, 2.75) is 75.7 Å². The molecule has 26 heavy (non-hydrogen) atoms. The molecule has 0 aromatic carbocycles. The Labute approximate surface area is 156 Å². The Kier molecular flexibility index (Phi) is 5.77. The van der Waals surface area contributed by atoms with Gasteiger partial charge < -0.3 is 20.3 Å². The van der Waals surface area contributed by atoms with E-state index < -0.39 is 12.2 Å². The second kappa shape index (κ2) is 8.24. The highest BCUT2D eigenvalue weighted by Gasteiger charge is 2.43. The molecule has 1 aliphatic heterocycles. The fraction of sp³-hybridized carbons (Fsp3) is 0.762. The van der Waals surface area contributed by atoms with E-state index in [2.05, 4.69) is 10.3 Å². The van der Waals surface area contributed by atoms with Crippen molar-refractivity contribution in [2.24, 2.45) is 17.8 Å². The molecule has 2 saturated carbocycles. The summed E-state index contributed by atoms with van der Waals surface area (Å²) in [7, 11) is 0. The molecule has 3 fully saturated rings. The maximum Gasteiger partial charge on any atom is 0.126 e. The van der Waals surface area contributed by atoms with Gasteiger partial charge in [-0.3, -0.25) is 0 Å². The van der Waals surface area contributed by atoms with Gasteiger partial charge in [0.1, 0.15) is 18.0 Å². The smallest absolute Gasteiger partial charge is 0.126 e. The third-order valence-corrected chi connectivity index (χ3v) is 6.81. The highest BCUT2D eigenvalue weighted by molar-refractivity contribution is 5.35. The first-order valence-corrected chi connectivity index (χ1v) is 10.4. The summed E-state index contributed by atoms with van der Waals surface area (Å²) >= 11 is 0. The van der Waals surface area contributed by atoms with Crippen molar-refractivity contribution < 1.29 is 14.9 Å². The summed E-state index contributed by atoms with van der Waals surface area (Å²) in [6, 6.07) is 5.28. The Morgan fingerprint density at radius 1 is 1.00 bits per heavy atom. The van der Waals surface area contributed by atoms with Crippen molar-refractivity contribution in [2.75, 3.05) is 11.9 Å². The number of hydrogen-bond acceptors (Lipinski definition) is 5. The molecule has 1 aromatic rings. The lowest BCUT2D eigenvalue weighted by atomic mass is 9.71. The molecule has 4 atom stereocenters. The van der Waals surface area contributed by atoms with Crippen LogP contribution in [0.15, 0.2) is 24.4 Å². The predicted octanol–water partition coefficient (Wildman–Crippen LogP) is 2.98. The third-order valence-electron chi connectivity index (χ3n) is 6.81. The van der Waals surface area contributed by atoms with Crippen LogP contribution in [0.3, 0.4) is 0 Å². The Bertz CT molecular complexity index is 558. The van der Waals surface area contributed by atoms with E-state index in [9.17, 15) is 10.2 Å². The molecule has 0 amide bonds. The van der Waals surface area contributed by atoms with Crippen LogP contribution in [0.1, 0.15) is 51.4 Å². The first-order valence-electron chi connectivity index (χ1n) is 10.4. The average Bonchev–Trinajstić information content (AvgIpc) is 2.64. The van der Waals surface area contributed by atoms with Gasteiger partial charge >= 0.3 is 0 Å². The summed E-state index contributed by atoms with van der Waals surface area (Å²) in [4.78, 5) is 4.23. The quantitative estimate of drug-likeness (QED) is 0.753. The van der Waals surface area contributed by atoms with Crippen LogP contribution >= 0.6 is 0 Å². The number of nitrogens with zero attached hydrogens (tertiary/aromatic N) is 1. The molecule has 0 unspecified atom stereocenters. The van der Waals surface area contributed by atoms with Crippen molar-refractivity contribution in [3.8, 4) is 0 Å². The molecule has 0 bridgehead atoms. The molecule has 5 nitrogen and oxygen atoms in total. The second-order valence-corrected chi connectivity index (χ2v) is 8.56. The van der Waals surface area contributed by atoms with E-state index in [1.165, 1.54) is 38.5 Å². The molecular weight excluding hydrogens is 328 g/mol. The van der Waals surface area contributed by atoms with Crippen LogP contribution in [0.25, 0.3) is 0 Å². The summed E-state index contributed by atoms with van der Waals surface area (Å²) < 4.78 is 6.03. The van der Waals surface area contributed by atoms with Crippen LogP contribution in [0.2, 0.25) is 0 Å². The van der Waals surface area contributed by atoms with Gasteiger partial charge in [0.15, 0.2) is 0 Å². The molecule has 1 saturated heterocycles. The molecule has 0 radical (unpaired) electrons. The number of aliphatic hydroxyl groups excluding tert-OH is 2. The lowest BCUT2D eigenvalue weighted by Crippen LogP contribution is -2.58. The van der Waals surface area contributed by atoms with E-state index >= 15 is 0 Å². The fourth-order valence-corrected chi connectivity index (χ4v) is 4.98. The molecule has 2 aliphatic carbocycles. The summed E-state index contributed by atoms with van der Waals surface area (Å²) in [6.07, 6.45) is 10.2. The number of anilines is 1. The zero-order valence-electron chi connectivity index (χ0n) is 15.5. The Morgan fingerprint density at radius 2 is 1.77 bits per heavy atom. The van der Waals surface area contributed by atoms with Crippen LogP contribution in [0.4, 0.5) is 5.82 Å². The Morgan fingerprint density at radius 3 is 2.42 bits per heavy atom. The Hall–Kier alpha value is -1.17. The first-order chi connectivity index (χ1) is 12.7. The third kappa shape index (κ3) is 4.05. The number of nitrogens with one attached hydrogen (secondary N) is 1. The number of ether oxygens (including phenoxy) is 1. The number of aromatic nitrogens is 1. The van der Waals surface area contributed by atoms with Gasteiger partial charge in [-0.1, -0.05) is 38.2 Å². The molecule has 5 heteroatoms. The maximum atomic E-state index is 10.7. The number of aliphatic hydroxyl groups is 2. The average molecular weight is 360 g/mol. The Balaban J connectivity index is 1.28. The monoisotopic (exact) mass is 360 g/mol. The molecular formula is C21H32N2O3. The van der Waals surface area contributed by atoms with Crippen LogP contribution in [-0.4, -0.2) is 46.2 Å². The van der Waals surface area contributed by atoms with Crippen molar-refractivity contribution in [1.29, 1.82) is 0 Å². The summed E-state index contributed by atoms with van der Waals surface area (Å²) in [5.41, 5.74) is 0. The summed E-state index contributed by atoms with van der Waals surface area (Å²) in [5, 5.41) is 24.4. The minimum Gasteiger partial charge on any atom is -0.388 e. The fourth-order valence-electron chi connectivity index (χ4n) is 4.98. The summed E-state index contributed by atoms with van der Waals surface area (Å²) in [6.45, 7) is 0.404. The molecule has 3 aliphatic rings. The van der Waals surface area contributed by atoms with Gasteiger partial charge in [-0.2, -0.15) is 0 Å². The van der Waals surface area contributed by atoms with Crippen molar-refractivity contribution in [3.63, 3.8) is 0 Å². The second-order valence-electron chi connectivity index (χ2n) is 8.56. The standard InChI is InChI=1S/C21H32N2O3/c24-19-17(23-18-6-1-2-11-22-18)13-26-21(20(19)25)16-9-7-15(8-10-16)12-14-4-3-5-14/h1-2,6,11,14-17,19-21,24-25H,3-5,7-10,12-13H2,(H,22,23)/t15?,16?,17-,19-,20-,21-/m1/s1. The maximum absolute atomic E-state index is 10.7. The molecule has 3 N–H and O–H groups in total.